The van der Waals surface area contributed by atoms with Gasteiger partial charge in [-0.3, -0.25) is 4.90 Å². The SMILES string of the molecule is CCCNC1CCCC1CN1CCOc2ccccc2C1. The summed E-state index contributed by atoms with van der Waals surface area (Å²) in [6.07, 6.45) is 5.34. The van der Waals surface area contributed by atoms with Gasteiger partial charge in [-0.2, -0.15) is 0 Å². The van der Waals surface area contributed by atoms with Crippen LogP contribution in [0.2, 0.25) is 0 Å². The van der Waals surface area contributed by atoms with Crippen LogP contribution in [0.3, 0.4) is 0 Å². The number of ether oxygens (including phenoxy) is 1. The van der Waals surface area contributed by atoms with Crippen LogP contribution in [0.25, 0.3) is 0 Å². The summed E-state index contributed by atoms with van der Waals surface area (Å²) in [6.45, 7) is 7.52. The zero-order valence-electron chi connectivity index (χ0n) is 13.2. The summed E-state index contributed by atoms with van der Waals surface area (Å²) in [5, 5.41) is 3.75. The van der Waals surface area contributed by atoms with Crippen LogP contribution in [0.15, 0.2) is 24.3 Å². The summed E-state index contributed by atoms with van der Waals surface area (Å²) < 4.78 is 5.88. The Morgan fingerprint density at radius 2 is 2.19 bits per heavy atom. The molecule has 1 saturated carbocycles. The minimum atomic E-state index is 0.726. The van der Waals surface area contributed by atoms with Gasteiger partial charge in [-0.1, -0.05) is 31.5 Å². The largest absolute Gasteiger partial charge is 0.492 e. The maximum atomic E-state index is 5.88. The van der Waals surface area contributed by atoms with Gasteiger partial charge in [0.05, 0.1) is 0 Å². The van der Waals surface area contributed by atoms with Crippen LogP contribution in [-0.4, -0.2) is 37.2 Å². The molecule has 1 N–H and O–H groups in total. The van der Waals surface area contributed by atoms with Crippen LogP contribution in [-0.2, 0) is 6.54 Å². The van der Waals surface area contributed by atoms with Crippen LogP contribution in [0.1, 0.15) is 38.2 Å². The third kappa shape index (κ3) is 3.78. The fourth-order valence-electron chi connectivity index (χ4n) is 3.72. The molecular weight excluding hydrogens is 260 g/mol. The standard InChI is InChI=1S/C18H28N2O/c1-2-10-19-17-8-5-7-15(17)13-20-11-12-21-18-9-4-3-6-16(18)14-20/h3-4,6,9,15,17,19H,2,5,7-8,10-14H2,1H3. The zero-order valence-corrected chi connectivity index (χ0v) is 13.2. The van der Waals surface area contributed by atoms with Gasteiger partial charge in [-0.05, 0) is 37.8 Å². The predicted molar refractivity (Wildman–Crippen MR) is 86.6 cm³/mol. The molecule has 0 radical (unpaired) electrons. The van der Waals surface area contributed by atoms with Crippen molar-refractivity contribution in [1.82, 2.24) is 10.2 Å². The topological polar surface area (TPSA) is 24.5 Å². The van der Waals surface area contributed by atoms with E-state index in [0.29, 0.717) is 0 Å². The molecule has 0 bridgehead atoms. The third-order valence-corrected chi connectivity index (χ3v) is 4.84. The van der Waals surface area contributed by atoms with Crippen molar-refractivity contribution in [3.8, 4) is 5.75 Å². The Balaban J connectivity index is 1.60. The molecule has 116 valence electrons. The Hall–Kier alpha value is -1.06. The van der Waals surface area contributed by atoms with E-state index in [-0.39, 0.29) is 0 Å². The van der Waals surface area contributed by atoms with Gasteiger partial charge in [0.25, 0.3) is 0 Å². The lowest BCUT2D eigenvalue weighted by molar-refractivity contribution is 0.187. The first-order valence-corrected chi connectivity index (χ1v) is 8.53. The first kappa shape index (κ1) is 14.9. The van der Waals surface area contributed by atoms with E-state index in [9.17, 15) is 0 Å². The summed E-state index contributed by atoms with van der Waals surface area (Å²) >= 11 is 0. The van der Waals surface area contributed by atoms with Crippen LogP contribution in [0.4, 0.5) is 0 Å². The van der Waals surface area contributed by atoms with Crippen LogP contribution in [0.5, 0.6) is 5.75 Å². The Morgan fingerprint density at radius 1 is 1.29 bits per heavy atom. The number of nitrogens with one attached hydrogen (secondary N) is 1. The van der Waals surface area contributed by atoms with Gasteiger partial charge in [0.1, 0.15) is 12.4 Å². The van der Waals surface area contributed by atoms with Crippen LogP contribution < -0.4 is 10.1 Å². The van der Waals surface area contributed by atoms with Crippen LogP contribution in [0, 0.1) is 5.92 Å². The summed E-state index contributed by atoms with van der Waals surface area (Å²) in [4.78, 5) is 2.59. The molecule has 1 heterocycles. The molecule has 2 unspecified atom stereocenters. The molecule has 3 nitrogen and oxygen atoms in total. The molecule has 2 aliphatic rings. The van der Waals surface area contributed by atoms with E-state index in [2.05, 4.69) is 41.4 Å². The fraction of sp³-hybridized carbons (Fsp3) is 0.667. The van der Waals surface area contributed by atoms with E-state index < -0.39 is 0 Å². The maximum Gasteiger partial charge on any atom is 0.123 e. The quantitative estimate of drug-likeness (QED) is 0.901. The highest BCUT2D eigenvalue weighted by molar-refractivity contribution is 5.33. The van der Waals surface area contributed by atoms with Crippen molar-refractivity contribution >= 4 is 0 Å². The number of rotatable bonds is 5. The molecule has 1 aromatic rings. The summed E-state index contributed by atoms with van der Waals surface area (Å²) in [6, 6.07) is 9.21. The Morgan fingerprint density at radius 3 is 3.10 bits per heavy atom. The minimum Gasteiger partial charge on any atom is -0.492 e. The molecule has 0 aromatic heterocycles. The summed E-state index contributed by atoms with van der Waals surface area (Å²) in [7, 11) is 0. The van der Waals surface area contributed by atoms with E-state index in [1.807, 2.05) is 0 Å². The zero-order chi connectivity index (χ0) is 14.5. The normalized spacial score (nSPS) is 26.1. The highest BCUT2D eigenvalue weighted by atomic mass is 16.5. The molecule has 0 amide bonds. The lowest BCUT2D eigenvalue weighted by Gasteiger charge is -2.27. The van der Waals surface area contributed by atoms with Crippen molar-refractivity contribution in [3.05, 3.63) is 29.8 Å². The number of benzene rings is 1. The molecule has 2 atom stereocenters. The third-order valence-electron chi connectivity index (χ3n) is 4.84. The lowest BCUT2D eigenvalue weighted by atomic mass is 10.0. The molecule has 3 rings (SSSR count). The molecule has 1 aliphatic heterocycles. The van der Waals surface area contributed by atoms with Gasteiger partial charge < -0.3 is 10.1 Å². The average Bonchev–Trinajstić information content (AvgIpc) is 2.83. The Kier molecular flexibility index (Phi) is 5.15. The van der Waals surface area contributed by atoms with E-state index in [0.717, 1.165) is 44.0 Å². The van der Waals surface area contributed by atoms with Crippen molar-refractivity contribution in [2.24, 2.45) is 5.92 Å². The van der Waals surface area contributed by atoms with Crippen molar-refractivity contribution in [1.29, 1.82) is 0 Å². The molecule has 0 saturated heterocycles. The van der Waals surface area contributed by atoms with E-state index >= 15 is 0 Å². The second-order valence-corrected chi connectivity index (χ2v) is 6.44. The van der Waals surface area contributed by atoms with Gasteiger partial charge >= 0.3 is 0 Å². The van der Waals surface area contributed by atoms with Gasteiger partial charge in [0.15, 0.2) is 0 Å². The van der Waals surface area contributed by atoms with Crippen molar-refractivity contribution in [3.63, 3.8) is 0 Å². The highest BCUT2D eigenvalue weighted by Gasteiger charge is 2.29. The number of para-hydroxylation sites is 1. The first-order chi connectivity index (χ1) is 10.4. The second-order valence-electron chi connectivity index (χ2n) is 6.44. The minimum absolute atomic E-state index is 0.726. The Bertz CT molecular complexity index is 449. The van der Waals surface area contributed by atoms with E-state index in [1.54, 1.807) is 0 Å². The molecule has 0 spiro atoms. The van der Waals surface area contributed by atoms with Crippen LogP contribution >= 0.6 is 0 Å². The Labute approximate surface area is 128 Å². The molecule has 1 fully saturated rings. The monoisotopic (exact) mass is 288 g/mol. The second kappa shape index (κ2) is 7.28. The van der Waals surface area contributed by atoms with Crippen molar-refractivity contribution in [2.45, 2.75) is 45.2 Å². The van der Waals surface area contributed by atoms with Gasteiger partial charge in [-0.15, -0.1) is 0 Å². The predicted octanol–water partition coefficient (Wildman–Crippen LogP) is 3.05. The number of fused-ring (bicyclic) bond motifs is 1. The fourth-order valence-corrected chi connectivity index (χ4v) is 3.72. The van der Waals surface area contributed by atoms with Crippen molar-refractivity contribution in [2.75, 3.05) is 26.2 Å². The average molecular weight is 288 g/mol. The van der Waals surface area contributed by atoms with Crippen molar-refractivity contribution < 1.29 is 4.74 Å². The molecule has 1 aromatic carbocycles. The summed E-state index contributed by atoms with van der Waals surface area (Å²) in [5.41, 5.74) is 1.34. The highest BCUT2D eigenvalue weighted by Crippen LogP contribution is 2.29. The van der Waals surface area contributed by atoms with Gasteiger partial charge in [0.2, 0.25) is 0 Å². The van der Waals surface area contributed by atoms with Gasteiger partial charge in [-0.25, -0.2) is 0 Å². The molecule has 21 heavy (non-hydrogen) atoms. The maximum absolute atomic E-state index is 5.88. The van der Waals surface area contributed by atoms with Gasteiger partial charge in [0, 0.05) is 31.2 Å². The van der Waals surface area contributed by atoms with E-state index in [1.165, 1.54) is 37.8 Å². The molecule has 3 heteroatoms. The summed E-state index contributed by atoms with van der Waals surface area (Å²) in [5.74, 6) is 1.88. The number of hydrogen-bond acceptors (Lipinski definition) is 3. The first-order valence-electron chi connectivity index (χ1n) is 8.53. The number of nitrogens with zero attached hydrogens (tertiary/aromatic N) is 1. The molecular formula is C18H28N2O. The van der Waals surface area contributed by atoms with E-state index in [4.69, 9.17) is 4.74 Å². The smallest absolute Gasteiger partial charge is 0.123 e. The number of hydrogen-bond donors (Lipinski definition) is 1. The molecule has 1 aliphatic carbocycles. The lowest BCUT2D eigenvalue weighted by Crippen LogP contribution is -2.40.